The van der Waals surface area contributed by atoms with Crippen molar-refractivity contribution >= 4 is 17.5 Å². The van der Waals surface area contributed by atoms with E-state index in [1.54, 1.807) is 0 Å². The number of hydrogen-bond donors (Lipinski definition) is 3. The Morgan fingerprint density at radius 2 is 2.37 bits per heavy atom. The van der Waals surface area contributed by atoms with Crippen LogP contribution in [0.5, 0.6) is 5.75 Å². The molecule has 1 amide bonds. The third-order valence-corrected chi connectivity index (χ3v) is 3.93. The highest BCUT2D eigenvalue weighted by Gasteiger charge is 2.22. The van der Waals surface area contributed by atoms with E-state index in [1.165, 1.54) is 18.2 Å². The zero-order chi connectivity index (χ0) is 13.8. The molecule has 0 bridgehead atoms. The van der Waals surface area contributed by atoms with E-state index >= 15 is 0 Å². The summed E-state index contributed by atoms with van der Waals surface area (Å²) in [6.07, 6.45) is 2.25. The number of rotatable bonds is 3. The molecule has 1 aromatic carbocycles. The predicted octanol–water partition coefficient (Wildman–Crippen LogP) is 2.16. The van der Waals surface area contributed by atoms with E-state index in [9.17, 15) is 9.90 Å². The highest BCUT2D eigenvalue weighted by molar-refractivity contribution is 6.33. The van der Waals surface area contributed by atoms with Crippen LogP contribution in [0.15, 0.2) is 18.2 Å². The van der Waals surface area contributed by atoms with Gasteiger partial charge < -0.3 is 15.7 Å². The Morgan fingerprint density at radius 3 is 3.05 bits per heavy atom. The Kier molecular flexibility index (Phi) is 4.66. The van der Waals surface area contributed by atoms with Gasteiger partial charge in [0.05, 0.1) is 10.6 Å². The minimum Gasteiger partial charge on any atom is -0.508 e. The number of hydrogen-bond acceptors (Lipinski definition) is 3. The van der Waals surface area contributed by atoms with Gasteiger partial charge in [0, 0.05) is 6.04 Å². The molecular weight excluding hydrogens is 264 g/mol. The number of carbonyl (C=O) groups excluding carboxylic acids is 1. The molecule has 19 heavy (non-hydrogen) atoms. The van der Waals surface area contributed by atoms with Crippen molar-refractivity contribution in [1.82, 2.24) is 10.6 Å². The maximum Gasteiger partial charge on any atom is 0.253 e. The van der Waals surface area contributed by atoms with Crippen LogP contribution in [0.25, 0.3) is 0 Å². The largest absolute Gasteiger partial charge is 0.508 e. The van der Waals surface area contributed by atoms with Crippen LogP contribution in [0.2, 0.25) is 5.02 Å². The van der Waals surface area contributed by atoms with E-state index in [0.29, 0.717) is 16.5 Å². The molecule has 0 spiro atoms. The van der Waals surface area contributed by atoms with Crippen molar-refractivity contribution in [2.45, 2.75) is 25.8 Å². The first-order valence-electron chi connectivity index (χ1n) is 6.58. The van der Waals surface area contributed by atoms with Crippen molar-refractivity contribution in [2.24, 2.45) is 5.92 Å². The maximum atomic E-state index is 12.1. The molecule has 1 aromatic rings. The summed E-state index contributed by atoms with van der Waals surface area (Å²) in [6, 6.07) is 4.47. The molecule has 1 heterocycles. The molecule has 2 atom stereocenters. The lowest BCUT2D eigenvalue weighted by Gasteiger charge is -2.29. The van der Waals surface area contributed by atoms with Gasteiger partial charge in [-0.15, -0.1) is 0 Å². The Bertz CT molecular complexity index is 459. The topological polar surface area (TPSA) is 61.4 Å². The molecule has 1 aliphatic heterocycles. The van der Waals surface area contributed by atoms with Gasteiger partial charge in [0.25, 0.3) is 5.91 Å². The highest BCUT2D eigenvalue weighted by atomic mass is 35.5. The lowest BCUT2D eigenvalue weighted by molar-refractivity contribution is 0.0921. The molecule has 1 aliphatic rings. The summed E-state index contributed by atoms with van der Waals surface area (Å²) >= 11 is 5.98. The number of carbonyl (C=O) groups is 1. The van der Waals surface area contributed by atoms with E-state index < -0.39 is 0 Å². The summed E-state index contributed by atoms with van der Waals surface area (Å²) in [4.78, 5) is 12.1. The first-order valence-corrected chi connectivity index (χ1v) is 6.96. The van der Waals surface area contributed by atoms with Crippen LogP contribution >= 0.6 is 11.6 Å². The van der Waals surface area contributed by atoms with E-state index in [-0.39, 0.29) is 17.7 Å². The molecule has 2 rings (SSSR count). The third-order valence-electron chi connectivity index (χ3n) is 3.60. The van der Waals surface area contributed by atoms with E-state index in [0.717, 1.165) is 25.9 Å². The van der Waals surface area contributed by atoms with Crippen LogP contribution in [0, 0.1) is 5.92 Å². The normalized spacial score (nSPS) is 20.8. The van der Waals surface area contributed by atoms with Gasteiger partial charge in [-0.1, -0.05) is 11.6 Å². The van der Waals surface area contributed by atoms with Crippen LogP contribution in [0.4, 0.5) is 0 Å². The van der Waals surface area contributed by atoms with Crippen LogP contribution in [-0.2, 0) is 0 Å². The van der Waals surface area contributed by atoms with Crippen LogP contribution in [0.3, 0.4) is 0 Å². The van der Waals surface area contributed by atoms with Gasteiger partial charge in [0.1, 0.15) is 5.75 Å². The molecule has 104 valence electrons. The number of benzene rings is 1. The quantitative estimate of drug-likeness (QED) is 0.796. The Morgan fingerprint density at radius 1 is 1.58 bits per heavy atom. The fourth-order valence-corrected chi connectivity index (χ4v) is 2.60. The smallest absolute Gasteiger partial charge is 0.253 e. The number of piperidine rings is 1. The van der Waals surface area contributed by atoms with Gasteiger partial charge in [-0.3, -0.25) is 4.79 Å². The maximum absolute atomic E-state index is 12.1. The number of amides is 1. The van der Waals surface area contributed by atoms with Crippen molar-refractivity contribution < 1.29 is 9.90 Å². The lowest BCUT2D eigenvalue weighted by atomic mass is 9.92. The van der Waals surface area contributed by atoms with Gasteiger partial charge >= 0.3 is 0 Å². The van der Waals surface area contributed by atoms with Gasteiger partial charge in [0.15, 0.2) is 0 Å². The lowest BCUT2D eigenvalue weighted by Crippen LogP contribution is -2.44. The first-order chi connectivity index (χ1) is 9.08. The number of halogens is 1. The van der Waals surface area contributed by atoms with Crippen LogP contribution in [-0.4, -0.2) is 30.1 Å². The summed E-state index contributed by atoms with van der Waals surface area (Å²) in [5.41, 5.74) is 0.317. The molecular formula is C14H19ClN2O2. The van der Waals surface area contributed by atoms with Crippen molar-refractivity contribution in [2.75, 3.05) is 13.1 Å². The predicted molar refractivity (Wildman–Crippen MR) is 75.6 cm³/mol. The average Bonchev–Trinajstić information content (AvgIpc) is 2.42. The molecule has 0 radical (unpaired) electrons. The molecule has 0 saturated carbocycles. The second-order valence-electron chi connectivity index (χ2n) is 5.03. The Balaban J connectivity index is 2.01. The molecule has 2 unspecified atom stereocenters. The van der Waals surface area contributed by atoms with Crippen molar-refractivity contribution in [3.05, 3.63) is 28.8 Å². The number of phenolic OH excluding ortho intramolecular Hbond substituents is 1. The third kappa shape index (κ3) is 3.61. The number of nitrogens with one attached hydrogen (secondary N) is 2. The second-order valence-corrected chi connectivity index (χ2v) is 5.44. The summed E-state index contributed by atoms with van der Waals surface area (Å²) in [5, 5.41) is 16.1. The summed E-state index contributed by atoms with van der Waals surface area (Å²) in [7, 11) is 0. The van der Waals surface area contributed by atoms with Gasteiger partial charge in [-0.05, 0) is 57.0 Å². The summed E-state index contributed by atoms with van der Waals surface area (Å²) in [5.74, 6) is 0.245. The van der Waals surface area contributed by atoms with E-state index in [4.69, 9.17) is 11.6 Å². The molecule has 0 aromatic heterocycles. The standard InChI is InChI=1S/C14H19ClN2O2/c1-9(10-3-2-6-16-8-10)17-14(19)12-7-11(18)4-5-13(12)15/h4-5,7,9-10,16,18H,2-3,6,8H2,1H3,(H,17,19). The first kappa shape index (κ1) is 14.2. The van der Waals surface area contributed by atoms with Crippen LogP contribution < -0.4 is 10.6 Å². The van der Waals surface area contributed by atoms with Crippen LogP contribution in [0.1, 0.15) is 30.1 Å². The summed E-state index contributed by atoms with van der Waals surface area (Å²) in [6.45, 7) is 3.98. The fourth-order valence-electron chi connectivity index (χ4n) is 2.40. The SMILES string of the molecule is CC(NC(=O)c1cc(O)ccc1Cl)C1CCCNC1. The van der Waals surface area contributed by atoms with E-state index in [2.05, 4.69) is 10.6 Å². The monoisotopic (exact) mass is 282 g/mol. The van der Waals surface area contributed by atoms with Gasteiger partial charge in [-0.25, -0.2) is 0 Å². The zero-order valence-corrected chi connectivity index (χ0v) is 11.7. The minimum atomic E-state index is -0.237. The average molecular weight is 283 g/mol. The molecule has 1 saturated heterocycles. The molecule has 1 fully saturated rings. The highest BCUT2D eigenvalue weighted by Crippen LogP contribution is 2.22. The van der Waals surface area contributed by atoms with Gasteiger partial charge in [0.2, 0.25) is 0 Å². The van der Waals surface area contributed by atoms with E-state index in [1.807, 2.05) is 6.92 Å². The molecule has 3 N–H and O–H groups in total. The summed E-state index contributed by atoms with van der Waals surface area (Å²) < 4.78 is 0. The number of aromatic hydroxyl groups is 1. The van der Waals surface area contributed by atoms with Gasteiger partial charge in [-0.2, -0.15) is 0 Å². The Labute approximate surface area is 118 Å². The molecule has 5 heteroatoms. The molecule has 0 aliphatic carbocycles. The van der Waals surface area contributed by atoms with Crippen molar-refractivity contribution in [1.29, 1.82) is 0 Å². The van der Waals surface area contributed by atoms with Crippen molar-refractivity contribution in [3.8, 4) is 5.75 Å². The molecule has 4 nitrogen and oxygen atoms in total. The minimum absolute atomic E-state index is 0.0431. The second kappa shape index (κ2) is 6.26. The fraction of sp³-hybridized carbons (Fsp3) is 0.500. The zero-order valence-electron chi connectivity index (χ0n) is 10.9. The number of phenols is 1. The Hall–Kier alpha value is -1.26. The van der Waals surface area contributed by atoms with Crippen molar-refractivity contribution in [3.63, 3.8) is 0 Å².